The van der Waals surface area contributed by atoms with Gasteiger partial charge in [-0.05, 0) is 12.8 Å². The lowest BCUT2D eigenvalue weighted by Gasteiger charge is -2.21. The van der Waals surface area contributed by atoms with E-state index in [1.54, 1.807) is 7.11 Å². The molecule has 0 aromatic heterocycles. The molecule has 0 bridgehead atoms. The summed E-state index contributed by atoms with van der Waals surface area (Å²) in [6.07, 6.45) is 4.00. The van der Waals surface area contributed by atoms with Crippen molar-refractivity contribution in [2.75, 3.05) is 20.3 Å². The molecular formula is C15H23NO2. The Morgan fingerprint density at radius 1 is 1.17 bits per heavy atom. The average Bonchev–Trinajstić information content (AvgIpc) is 2.44. The van der Waals surface area contributed by atoms with Crippen LogP contribution in [0.25, 0.3) is 0 Å². The van der Waals surface area contributed by atoms with E-state index in [1.807, 2.05) is 36.4 Å². The maximum atomic E-state index is 11.3. The van der Waals surface area contributed by atoms with Crippen molar-refractivity contribution in [3.63, 3.8) is 0 Å². The van der Waals surface area contributed by atoms with Crippen LogP contribution in [0.15, 0.2) is 36.4 Å². The van der Waals surface area contributed by atoms with Gasteiger partial charge in [-0.25, -0.2) is 0 Å². The lowest BCUT2D eigenvalue weighted by molar-refractivity contribution is -0.122. The van der Waals surface area contributed by atoms with Gasteiger partial charge in [0.05, 0.1) is 12.6 Å². The molecule has 0 aliphatic heterocycles. The van der Waals surface area contributed by atoms with Gasteiger partial charge in [0.25, 0.3) is 0 Å². The van der Waals surface area contributed by atoms with Crippen LogP contribution in [-0.4, -0.2) is 32.1 Å². The molecule has 1 saturated carbocycles. The van der Waals surface area contributed by atoms with E-state index >= 15 is 0 Å². The van der Waals surface area contributed by atoms with Crippen LogP contribution in [0.2, 0.25) is 0 Å². The minimum atomic E-state index is 0.105. The molecule has 3 nitrogen and oxygen atoms in total. The summed E-state index contributed by atoms with van der Waals surface area (Å²) in [4.78, 5) is 11.3. The van der Waals surface area contributed by atoms with E-state index in [9.17, 15) is 4.79 Å². The molecular weight excluding hydrogens is 226 g/mol. The second kappa shape index (κ2) is 9.80. The fraction of sp³-hybridized carbons (Fsp3) is 0.533. The highest BCUT2D eigenvalue weighted by atomic mass is 16.5. The zero-order chi connectivity index (χ0) is 13.1. The first-order chi connectivity index (χ1) is 8.84. The lowest BCUT2D eigenvalue weighted by atomic mass is 9.94. The van der Waals surface area contributed by atoms with Gasteiger partial charge in [-0.1, -0.05) is 42.8 Å². The largest absolute Gasteiger partial charge is 0.383 e. The second-order valence-electron chi connectivity index (χ2n) is 4.37. The summed E-state index contributed by atoms with van der Waals surface area (Å²) in [7, 11) is 1.67. The Bertz CT molecular complexity index is 287. The Hall–Kier alpha value is -1.19. The number of carbonyl (C=O) groups is 1. The van der Waals surface area contributed by atoms with Crippen LogP contribution in [0.5, 0.6) is 0 Å². The molecule has 100 valence electrons. The molecule has 1 unspecified atom stereocenters. The van der Waals surface area contributed by atoms with Gasteiger partial charge in [0, 0.05) is 20.1 Å². The van der Waals surface area contributed by atoms with Crippen molar-refractivity contribution in [2.24, 2.45) is 0 Å². The maximum Gasteiger partial charge on any atom is 0.149 e. The Kier molecular flexibility index (Phi) is 8.10. The Morgan fingerprint density at radius 3 is 2.28 bits per heavy atom. The molecule has 0 heterocycles. The third kappa shape index (κ3) is 6.52. The topological polar surface area (TPSA) is 38.3 Å². The number of hydrogen-bond acceptors (Lipinski definition) is 3. The van der Waals surface area contributed by atoms with E-state index in [4.69, 9.17) is 4.74 Å². The summed E-state index contributed by atoms with van der Waals surface area (Å²) < 4.78 is 4.89. The highest BCUT2D eigenvalue weighted by molar-refractivity contribution is 5.84. The molecule has 0 amide bonds. The summed E-state index contributed by atoms with van der Waals surface area (Å²) in [5, 5.41) is 3.20. The van der Waals surface area contributed by atoms with Gasteiger partial charge in [0.2, 0.25) is 0 Å². The van der Waals surface area contributed by atoms with Crippen LogP contribution in [0, 0.1) is 0 Å². The van der Waals surface area contributed by atoms with Crippen molar-refractivity contribution in [2.45, 2.75) is 31.7 Å². The number of carbonyl (C=O) groups excluding carboxylic acids is 1. The summed E-state index contributed by atoms with van der Waals surface area (Å²) in [5.41, 5.74) is 0. The lowest BCUT2D eigenvalue weighted by Crippen LogP contribution is -2.40. The number of benzene rings is 1. The highest BCUT2D eigenvalue weighted by Gasteiger charge is 2.20. The molecule has 0 spiro atoms. The third-order valence-corrected chi connectivity index (χ3v) is 2.92. The first kappa shape index (κ1) is 14.9. The van der Waals surface area contributed by atoms with Crippen LogP contribution in [-0.2, 0) is 9.53 Å². The standard InChI is InChI=1S/C9H17NO2.C6H6/c1-12-7-6-10-8-4-2-3-5-9(8)11;1-2-4-6-5-3-1/h8,10H,2-7H2,1H3;1-6H. The SMILES string of the molecule is COCCNC1CCCCC1=O.c1ccccc1. The highest BCUT2D eigenvalue weighted by Crippen LogP contribution is 2.13. The van der Waals surface area contributed by atoms with E-state index in [1.165, 1.54) is 6.42 Å². The number of nitrogens with one attached hydrogen (secondary N) is 1. The number of rotatable bonds is 4. The van der Waals surface area contributed by atoms with E-state index in [-0.39, 0.29) is 6.04 Å². The van der Waals surface area contributed by atoms with Gasteiger partial charge in [-0.15, -0.1) is 0 Å². The normalized spacial score (nSPS) is 18.9. The van der Waals surface area contributed by atoms with Crippen LogP contribution in [0.4, 0.5) is 0 Å². The number of Topliss-reactive ketones (excluding diaryl/α,β-unsaturated/α-hetero) is 1. The third-order valence-electron chi connectivity index (χ3n) is 2.92. The molecule has 3 heteroatoms. The molecule has 1 atom stereocenters. The average molecular weight is 249 g/mol. The zero-order valence-corrected chi connectivity index (χ0v) is 11.1. The smallest absolute Gasteiger partial charge is 0.149 e. The monoisotopic (exact) mass is 249 g/mol. The van der Waals surface area contributed by atoms with Crippen molar-refractivity contribution in [1.82, 2.24) is 5.32 Å². The van der Waals surface area contributed by atoms with Crippen LogP contribution < -0.4 is 5.32 Å². The van der Waals surface area contributed by atoms with Gasteiger partial charge in [-0.2, -0.15) is 0 Å². The Morgan fingerprint density at radius 2 is 1.78 bits per heavy atom. The predicted octanol–water partition coefficient (Wildman–Crippen LogP) is 2.42. The van der Waals surface area contributed by atoms with Crippen molar-refractivity contribution < 1.29 is 9.53 Å². The molecule has 18 heavy (non-hydrogen) atoms. The molecule has 1 aliphatic rings. The van der Waals surface area contributed by atoms with Crippen LogP contribution in [0.3, 0.4) is 0 Å². The van der Waals surface area contributed by atoms with Gasteiger partial charge >= 0.3 is 0 Å². The van der Waals surface area contributed by atoms with Crippen molar-refractivity contribution >= 4 is 5.78 Å². The van der Waals surface area contributed by atoms with E-state index in [0.717, 1.165) is 25.8 Å². The minimum absolute atomic E-state index is 0.105. The first-order valence-electron chi connectivity index (χ1n) is 6.59. The summed E-state index contributed by atoms with van der Waals surface area (Å²) in [5.74, 6) is 0.373. The molecule has 1 N–H and O–H groups in total. The van der Waals surface area contributed by atoms with Gasteiger partial charge in [0.1, 0.15) is 5.78 Å². The molecule has 1 aliphatic carbocycles. The quantitative estimate of drug-likeness (QED) is 0.833. The Labute approximate surface area is 110 Å². The minimum Gasteiger partial charge on any atom is -0.383 e. The first-order valence-corrected chi connectivity index (χ1v) is 6.59. The summed E-state index contributed by atoms with van der Waals surface area (Å²) in [6.45, 7) is 1.47. The molecule has 1 fully saturated rings. The molecule has 0 saturated heterocycles. The van der Waals surface area contributed by atoms with E-state index < -0.39 is 0 Å². The Balaban J connectivity index is 0.000000225. The van der Waals surface area contributed by atoms with Gasteiger partial charge < -0.3 is 10.1 Å². The fourth-order valence-corrected chi connectivity index (χ4v) is 1.92. The zero-order valence-electron chi connectivity index (χ0n) is 11.1. The van der Waals surface area contributed by atoms with E-state index in [2.05, 4.69) is 5.32 Å². The molecule has 2 rings (SSSR count). The van der Waals surface area contributed by atoms with Crippen LogP contribution >= 0.6 is 0 Å². The van der Waals surface area contributed by atoms with Crippen LogP contribution in [0.1, 0.15) is 25.7 Å². The van der Waals surface area contributed by atoms with Crippen molar-refractivity contribution in [3.05, 3.63) is 36.4 Å². The summed E-state index contributed by atoms with van der Waals surface area (Å²) >= 11 is 0. The number of hydrogen-bond donors (Lipinski definition) is 1. The van der Waals surface area contributed by atoms with Gasteiger partial charge in [-0.3, -0.25) is 4.79 Å². The van der Waals surface area contributed by atoms with Gasteiger partial charge in [0.15, 0.2) is 0 Å². The second-order valence-corrected chi connectivity index (χ2v) is 4.37. The molecule has 1 aromatic carbocycles. The molecule has 0 radical (unpaired) electrons. The molecule has 1 aromatic rings. The number of ketones is 1. The number of ether oxygens (including phenoxy) is 1. The number of methoxy groups -OCH3 is 1. The fourth-order valence-electron chi connectivity index (χ4n) is 1.92. The predicted molar refractivity (Wildman–Crippen MR) is 73.6 cm³/mol. The van der Waals surface area contributed by atoms with Crippen molar-refractivity contribution in [3.8, 4) is 0 Å². The maximum absolute atomic E-state index is 11.3. The van der Waals surface area contributed by atoms with E-state index in [0.29, 0.717) is 12.4 Å². The summed E-state index contributed by atoms with van der Waals surface area (Å²) in [6, 6.07) is 12.1. The van der Waals surface area contributed by atoms with Crippen molar-refractivity contribution in [1.29, 1.82) is 0 Å².